The number of hydrogen-bond acceptors (Lipinski definition) is 4. The number of benzene rings is 1. The topological polar surface area (TPSA) is 42.2 Å². The van der Waals surface area contributed by atoms with E-state index in [1.54, 1.807) is 0 Å². The lowest BCUT2D eigenvalue weighted by atomic mass is 9.96. The highest BCUT2D eigenvalue weighted by molar-refractivity contribution is 6.30. The van der Waals surface area contributed by atoms with Gasteiger partial charge in [0.05, 0.1) is 5.69 Å². The van der Waals surface area contributed by atoms with Crippen LogP contribution in [0.3, 0.4) is 0 Å². The van der Waals surface area contributed by atoms with Crippen LogP contribution in [0.25, 0.3) is 11.5 Å². The number of halogens is 1. The first-order valence-corrected chi connectivity index (χ1v) is 10.4. The molecule has 3 aromatic rings. The minimum Gasteiger partial charge on any atom is -0.441 e. The van der Waals surface area contributed by atoms with Crippen molar-refractivity contribution in [2.45, 2.75) is 51.6 Å². The second kappa shape index (κ2) is 8.89. The molecule has 0 amide bonds. The van der Waals surface area contributed by atoms with Crippen LogP contribution < -0.4 is 0 Å². The van der Waals surface area contributed by atoms with Gasteiger partial charge in [-0.15, -0.1) is 0 Å². The third-order valence-electron chi connectivity index (χ3n) is 5.55. The highest BCUT2D eigenvalue weighted by atomic mass is 35.5. The van der Waals surface area contributed by atoms with Crippen molar-refractivity contribution in [1.29, 1.82) is 0 Å². The maximum atomic E-state index is 5.99. The number of likely N-dealkylation sites (tertiary alicyclic amines) is 1. The lowest BCUT2D eigenvalue weighted by Gasteiger charge is -2.35. The number of pyridine rings is 1. The standard InChI is InChI=1S/C23H26ClN3O/c1-17-22(26-23(28-17)18-8-10-19(24)11-9-18)16-27-15-5-3-7-21(27)13-12-20-6-2-4-14-25-20/h2,4,6,8-11,14,21H,3,5,7,12-13,15-16H2,1H3/t21-/m0/s1. The minimum atomic E-state index is 0.575. The minimum absolute atomic E-state index is 0.575. The summed E-state index contributed by atoms with van der Waals surface area (Å²) in [5, 5.41) is 0.719. The van der Waals surface area contributed by atoms with Crippen LogP contribution in [0.4, 0.5) is 0 Å². The molecular weight excluding hydrogens is 370 g/mol. The molecule has 1 fully saturated rings. The van der Waals surface area contributed by atoms with Gasteiger partial charge in [-0.1, -0.05) is 24.1 Å². The molecule has 1 saturated heterocycles. The van der Waals surface area contributed by atoms with Gasteiger partial charge in [0.15, 0.2) is 0 Å². The zero-order chi connectivity index (χ0) is 19.3. The molecule has 28 heavy (non-hydrogen) atoms. The smallest absolute Gasteiger partial charge is 0.226 e. The van der Waals surface area contributed by atoms with E-state index in [0.717, 1.165) is 48.0 Å². The third kappa shape index (κ3) is 4.62. The summed E-state index contributed by atoms with van der Waals surface area (Å²) in [5.41, 5.74) is 3.18. The highest BCUT2D eigenvalue weighted by Gasteiger charge is 2.24. The van der Waals surface area contributed by atoms with Crippen LogP contribution in [0.2, 0.25) is 5.02 Å². The average molecular weight is 396 g/mol. The van der Waals surface area contributed by atoms with Crippen LogP contribution >= 0.6 is 11.6 Å². The second-order valence-corrected chi connectivity index (χ2v) is 7.95. The van der Waals surface area contributed by atoms with Crippen LogP contribution in [-0.2, 0) is 13.0 Å². The fraction of sp³-hybridized carbons (Fsp3) is 0.391. The quantitative estimate of drug-likeness (QED) is 0.538. The molecule has 5 heteroatoms. The number of nitrogens with zero attached hydrogens (tertiary/aromatic N) is 3. The first-order valence-electron chi connectivity index (χ1n) is 10.1. The molecule has 1 aliphatic rings. The Morgan fingerprint density at radius 2 is 2.00 bits per heavy atom. The summed E-state index contributed by atoms with van der Waals surface area (Å²) in [6, 6.07) is 14.4. The molecule has 0 aliphatic carbocycles. The fourth-order valence-electron chi connectivity index (χ4n) is 3.94. The van der Waals surface area contributed by atoms with Crippen molar-refractivity contribution in [3.05, 3.63) is 70.8 Å². The van der Waals surface area contributed by atoms with Gasteiger partial charge in [0.2, 0.25) is 5.89 Å². The van der Waals surface area contributed by atoms with Crippen LogP contribution in [0, 0.1) is 6.92 Å². The first-order chi connectivity index (χ1) is 13.7. The SMILES string of the molecule is Cc1oc(-c2ccc(Cl)cc2)nc1CN1CCCC[C@H]1CCc1ccccn1. The zero-order valence-corrected chi connectivity index (χ0v) is 17.0. The van der Waals surface area contributed by atoms with Gasteiger partial charge >= 0.3 is 0 Å². The van der Waals surface area contributed by atoms with Crippen molar-refractivity contribution in [3.63, 3.8) is 0 Å². The summed E-state index contributed by atoms with van der Waals surface area (Å²) >= 11 is 5.99. The van der Waals surface area contributed by atoms with E-state index in [1.807, 2.05) is 43.5 Å². The molecule has 1 atom stereocenters. The summed E-state index contributed by atoms with van der Waals surface area (Å²) in [6.07, 6.45) is 7.84. The molecule has 2 aromatic heterocycles. The van der Waals surface area contributed by atoms with Gasteiger partial charge in [0, 0.05) is 35.1 Å². The van der Waals surface area contributed by atoms with E-state index in [1.165, 1.54) is 25.0 Å². The Balaban J connectivity index is 1.45. The van der Waals surface area contributed by atoms with Gasteiger partial charge in [0.1, 0.15) is 5.76 Å². The molecule has 4 nitrogen and oxygen atoms in total. The molecule has 0 N–H and O–H groups in total. The molecule has 0 unspecified atom stereocenters. The molecular formula is C23H26ClN3O. The van der Waals surface area contributed by atoms with Crippen molar-refractivity contribution in [1.82, 2.24) is 14.9 Å². The maximum Gasteiger partial charge on any atom is 0.226 e. The van der Waals surface area contributed by atoms with Gasteiger partial charge in [-0.3, -0.25) is 9.88 Å². The number of piperidine rings is 1. The number of oxazole rings is 1. The van der Waals surface area contributed by atoms with E-state index in [2.05, 4.69) is 22.0 Å². The number of hydrogen-bond donors (Lipinski definition) is 0. The second-order valence-electron chi connectivity index (χ2n) is 7.51. The van der Waals surface area contributed by atoms with Crippen LogP contribution in [0.15, 0.2) is 53.1 Å². The predicted molar refractivity (Wildman–Crippen MR) is 112 cm³/mol. The van der Waals surface area contributed by atoms with E-state index in [-0.39, 0.29) is 0 Å². The predicted octanol–water partition coefficient (Wildman–Crippen LogP) is 5.69. The maximum absolute atomic E-state index is 5.99. The normalized spacial score (nSPS) is 17.7. The van der Waals surface area contributed by atoms with E-state index in [9.17, 15) is 0 Å². The summed E-state index contributed by atoms with van der Waals surface area (Å²) in [5.74, 6) is 1.57. The average Bonchev–Trinajstić information content (AvgIpc) is 3.09. The van der Waals surface area contributed by atoms with E-state index in [4.69, 9.17) is 21.0 Å². The molecule has 0 bridgehead atoms. The fourth-order valence-corrected chi connectivity index (χ4v) is 4.06. The van der Waals surface area contributed by atoms with Crippen LogP contribution in [0.1, 0.15) is 42.8 Å². The molecule has 146 valence electrons. The van der Waals surface area contributed by atoms with Crippen molar-refractivity contribution in [3.8, 4) is 11.5 Å². The first kappa shape index (κ1) is 19.2. The van der Waals surface area contributed by atoms with Crippen LogP contribution in [-0.4, -0.2) is 27.5 Å². The van der Waals surface area contributed by atoms with Crippen molar-refractivity contribution < 1.29 is 4.42 Å². The Kier molecular flexibility index (Phi) is 6.08. The van der Waals surface area contributed by atoms with Gasteiger partial charge < -0.3 is 4.42 Å². The summed E-state index contributed by atoms with van der Waals surface area (Å²) in [4.78, 5) is 11.8. The van der Waals surface area contributed by atoms with Crippen molar-refractivity contribution >= 4 is 11.6 Å². The summed E-state index contributed by atoms with van der Waals surface area (Å²) in [6.45, 7) is 3.97. The third-order valence-corrected chi connectivity index (χ3v) is 5.80. The molecule has 4 rings (SSSR count). The lowest BCUT2D eigenvalue weighted by Crippen LogP contribution is -2.39. The van der Waals surface area contributed by atoms with Gasteiger partial charge in [-0.05, 0) is 75.5 Å². The molecule has 1 aromatic carbocycles. The Hall–Kier alpha value is -2.17. The lowest BCUT2D eigenvalue weighted by molar-refractivity contribution is 0.130. The van der Waals surface area contributed by atoms with Gasteiger partial charge in [-0.25, -0.2) is 4.98 Å². The number of aromatic nitrogens is 2. The van der Waals surface area contributed by atoms with E-state index >= 15 is 0 Å². The number of aryl methyl sites for hydroxylation is 2. The monoisotopic (exact) mass is 395 g/mol. The molecule has 1 aliphatic heterocycles. The largest absolute Gasteiger partial charge is 0.441 e. The molecule has 0 spiro atoms. The Morgan fingerprint density at radius 3 is 2.79 bits per heavy atom. The Morgan fingerprint density at radius 1 is 1.14 bits per heavy atom. The van der Waals surface area contributed by atoms with Gasteiger partial charge in [-0.2, -0.15) is 0 Å². The summed E-state index contributed by atoms with van der Waals surface area (Å²) < 4.78 is 5.96. The van der Waals surface area contributed by atoms with E-state index in [0.29, 0.717) is 11.9 Å². The highest BCUT2D eigenvalue weighted by Crippen LogP contribution is 2.27. The molecule has 0 saturated carbocycles. The van der Waals surface area contributed by atoms with E-state index < -0.39 is 0 Å². The summed E-state index contributed by atoms with van der Waals surface area (Å²) in [7, 11) is 0. The Bertz CT molecular complexity index is 892. The Labute approximate surface area is 171 Å². The molecule has 3 heterocycles. The van der Waals surface area contributed by atoms with Crippen molar-refractivity contribution in [2.75, 3.05) is 6.54 Å². The zero-order valence-electron chi connectivity index (χ0n) is 16.3. The number of rotatable bonds is 6. The van der Waals surface area contributed by atoms with Crippen molar-refractivity contribution in [2.24, 2.45) is 0 Å². The van der Waals surface area contributed by atoms with Crippen LogP contribution in [0.5, 0.6) is 0 Å². The van der Waals surface area contributed by atoms with Gasteiger partial charge in [0.25, 0.3) is 0 Å². The molecule has 0 radical (unpaired) electrons.